The van der Waals surface area contributed by atoms with Gasteiger partial charge in [-0.2, -0.15) is 0 Å². The molecule has 2 N–H and O–H groups in total. The van der Waals surface area contributed by atoms with Crippen molar-refractivity contribution in [1.29, 1.82) is 0 Å². The van der Waals surface area contributed by atoms with E-state index in [1.54, 1.807) is 17.8 Å². The third-order valence-corrected chi connectivity index (χ3v) is 5.96. The van der Waals surface area contributed by atoms with Gasteiger partial charge in [0.05, 0.1) is 5.69 Å². The zero-order chi connectivity index (χ0) is 22.1. The van der Waals surface area contributed by atoms with Gasteiger partial charge in [0, 0.05) is 35.4 Å². The Morgan fingerprint density at radius 2 is 1.73 bits per heavy atom. The summed E-state index contributed by atoms with van der Waals surface area (Å²) < 4.78 is 0. The molecule has 2 aromatic carbocycles. The van der Waals surface area contributed by atoms with E-state index in [2.05, 4.69) is 60.6 Å². The summed E-state index contributed by atoms with van der Waals surface area (Å²) in [5.41, 5.74) is 2.39. The number of hydrogen-bond acceptors (Lipinski definition) is 4. The summed E-state index contributed by atoms with van der Waals surface area (Å²) in [5, 5.41) is 5.88. The molecule has 0 fully saturated rings. The van der Waals surface area contributed by atoms with Gasteiger partial charge in [0.25, 0.3) is 5.91 Å². The van der Waals surface area contributed by atoms with Gasteiger partial charge in [-0.25, -0.2) is 0 Å². The minimum Gasteiger partial charge on any atom is -0.352 e. The summed E-state index contributed by atoms with van der Waals surface area (Å²) in [6.07, 6.45) is 0. The van der Waals surface area contributed by atoms with Gasteiger partial charge in [0.1, 0.15) is 0 Å². The number of amides is 2. The first kappa shape index (κ1) is 24.0. The Bertz CT molecular complexity index is 848. The van der Waals surface area contributed by atoms with Crippen LogP contribution in [0.2, 0.25) is 0 Å². The molecule has 0 saturated heterocycles. The van der Waals surface area contributed by atoms with Gasteiger partial charge < -0.3 is 15.5 Å². The first-order valence-corrected chi connectivity index (χ1v) is 11.3. The van der Waals surface area contributed by atoms with Gasteiger partial charge in [-0.05, 0) is 56.3 Å². The second-order valence-corrected chi connectivity index (χ2v) is 8.72. The van der Waals surface area contributed by atoms with Crippen molar-refractivity contribution >= 4 is 29.3 Å². The molecule has 6 heteroatoms. The van der Waals surface area contributed by atoms with Crippen LogP contribution in [0.15, 0.2) is 52.3 Å². The van der Waals surface area contributed by atoms with Gasteiger partial charge in [0.15, 0.2) is 0 Å². The molecule has 0 aliphatic rings. The van der Waals surface area contributed by atoms with Crippen LogP contribution < -0.4 is 10.6 Å². The normalized spacial score (nSPS) is 11.9. The Morgan fingerprint density at radius 1 is 1.07 bits per heavy atom. The van der Waals surface area contributed by atoms with Crippen molar-refractivity contribution in [3.63, 3.8) is 0 Å². The molecule has 0 aliphatic heterocycles. The zero-order valence-corrected chi connectivity index (χ0v) is 19.4. The third-order valence-electron chi connectivity index (χ3n) is 4.88. The summed E-state index contributed by atoms with van der Waals surface area (Å²) in [7, 11) is 0. The molecule has 5 nitrogen and oxygen atoms in total. The van der Waals surface area contributed by atoms with Crippen LogP contribution in [0.4, 0.5) is 5.69 Å². The quantitative estimate of drug-likeness (QED) is 0.571. The van der Waals surface area contributed by atoms with E-state index in [4.69, 9.17) is 0 Å². The van der Waals surface area contributed by atoms with Gasteiger partial charge in [-0.15, -0.1) is 0 Å². The van der Waals surface area contributed by atoms with Crippen LogP contribution in [0.5, 0.6) is 0 Å². The lowest BCUT2D eigenvalue weighted by atomic mass is 10.1. The molecule has 30 heavy (non-hydrogen) atoms. The Labute approximate surface area is 184 Å². The van der Waals surface area contributed by atoms with Crippen LogP contribution in [-0.2, 0) is 4.79 Å². The van der Waals surface area contributed by atoms with Crippen LogP contribution in [-0.4, -0.2) is 42.9 Å². The molecule has 0 radical (unpaired) electrons. The molecule has 0 bridgehead atoms. The van der Waals surface area contributed by atoms with E-state index >= 15 is 0 Å². The summed E-state index contributed by atoms with van der Waals surface area (Å²) in [5.74, 6) is 0.0751. The lowest BCUT2D eigenvalue weighted by Gasteiger charge is -2.22. The van der Waals surface area contributed by atoms with Crippen LogP contribution >= 0.6 is 11.8 Å². The Morgan fingerprint density at radius 3 is 2.33 bits per heavy atom. The molecular weight excluding hydrogens is 394 g/mol. The van der Waals surface area contributed by atoms with Crippen molar-refractivity contribution in [2.45, 2.75) is 44.4 Å². The molecule has 0 saturated carbocycles. The predicted molar refractivity (Wildman–Crippen MR) is 125 cm³/mol. The second-order valence-electron chi connectivity index (χ2n) is 7.61. The highest BCUT2D eigenvalue weighted by Gasteiger charge is 2.14. The first-order chi connectivity index (χ1) is 14.3. The molecule has 0 heterocycles. The van der Waals surface area contributed by atoms with Gasteiger partial charge in [0.2, 0.25) is 5.91 Å². The SMILES string of the molecule is CCN(CC)C[C@H](C)CNC(=O)c1ccc(Sc2ccc(C)cc2)c(NC(C)=O)c1. The molecule has 0 spiro atoms. The highest BCUT2D eigenvalue weighted by molar-refractivity contribution is 7.99. The zero-order valence-electron chi connectivity index (χ0n) is 18.6. The predicted octanol–water partition coefficient (Wildman–Crippen LogP) is 4.81. The summed E-state index contributed by atoms with van der Waals surface area (Å²) in [4.78, 5) is 28.7. The van der Waals surface area contributed by atoms with Crippen molar-refractivity contribution in [2.24, 2.45) is 5.92 Å². The van der Waals surface area contributed by atoms with Crippen molar-refractivity contribution in [1.82, 2.24) is 10.2 Å². The third kappa shape index (κ3) is 7.50. The average molecular weight is 428 g/mol. The standard InChI is InChI=1S/C24H33N3O2S/c1-6-27(7-2)16-18(4)15-25-24(29)20-10-13-23(22(14-20)26-19(5)28)30-21-11-8-17(3)9-12-21/h8-14,18H,6-7,15-16H2,1-5H3,(H,25,29)(H,26,28)/t18-/m1/s1. The summed E-state index contributed by atoms with van der Waals surface area (Å²) >= 11 is 1.56. The number of carbonyl (C=O) groups is 2. The van der Waals surface area contributed by atoms with E-state index < -0.39 is 0 Å². The number of rotatable bonds is 10. The minimum absolute atomic E-state index is 0.125. The van der Waals surface area contributed by atoms with Crippen LogP contribution in [0, 0.1) is 12.8 Å². The van der Waals surface area contributed by atoms with E-state index in [0.29, 0.717) is 23.7 Å². The summed E-state index contributed by atoms with van der Waals surface area (Å²) in [6, 6.07) is 13.7. The molecule has 0 unspecified atom stereocenters. The fourth-order valence-electron chi connectivity index (χ4n) is 3.14. The number of carbonyl (C=O) groups excluding carboxylic acids is 2. The fraction of sp³-hybridized carbons (Fsp3) is 0.417. The lowest BCUT2D eigenvalue weighted by Crippen LogP contribution is -2.35. The minimum atomic E-state index is -0.161. The largest absolute Gasteiger partial charge is 0.352 e. The second kappa shape index (κ2) is 11.8. The Kier molecular flexibility index (Phi) is 9.40. The van der Waals surface area contributed by atoms with Crippen molar-refractivity contribution in [2.75, 3.05) is 31.5 Å². The number of benzene rings is 2. The fourth-order valence-corrected chi connectivity index (χ4v) is 4.02. The molecule has 0 aromatic heterocycles. The molecular formula is C24H33N3O2S. The molecule has 2 rings (SSSR count). The number of nitrogens with one attached hydrogen (secondary N) is 2. The number of hydrogen-bond donors (Lipinski definition) is 2. The van der Waals surface area contributed by atoms with Crippen LogP contribution in [0.3, 0.4) is 0 Å². The smallest absolute Gasteiger partial charge is 0.251 e. The van der Waals surface area contributed by atoms with Crippen molar-refractivity contribution in [3.05, 3.63) is 53.6 Å². The monoisotopic (exact) mass is 427 g/mol. The molecule has 0 aliphatic carbocycles. The van der Waals surface area contributed by atoms with Crippen LogP contribution in [0.1, 0.15) is 43.6 Å². The van der Waals surface area contributed by atoms with E-state index in [-0.39, 0.29) is 11.8 Å². The first-order valence-electron chi connectivity index (χ1n) is 10.5. The highest BCUT2D eigenvalue weighted by Crippen LogP contribution is 2.34. The molecule has 1 atom stereocenters. The van der Waals surface area contributed by atoms with E-state index in [0.717, 1.165) is 29.4 Å². The summed E-state index contributed by atoms with van der Waals surface area (Å²) in [6.45, 7) is 13.5. The highest BCUT2D eigenvalue weighted by atomic mass is 32.2. The Balaban J connectivity index is 2.09. The maximum absolute atomic E-state index is 12.7. The lowest BCUT2D eigenvalue weighted by molar-refractivity contribution is -0.114. The van der Waals surface area contributed by atoms with E-state index in [9.17, 15) is 9.59 Å². The maximum atomic E-state index is 12.7. The topological polar surface area (TPSA) is 61.4 Å². The Hall–Kier alpha value is -2.31. The number of aryl methyl sites for hydroxylation is 1. The van der Waals surface area contributed by atoms with E-state index in [1.165, 1.54) is 12.5 Å². The average Bonchev–Trinajstić information content (AvgIpc) is 2.72. The number of nitrogens with zero attached hydrogens (tertiary/aromatic N) is 1. The van der Waals surface area contributed by atoms with Gasteiger partial charge in [-0.3, -0.25) is 9.59 Å². The van der Waals surface area contributed by atoms with Crippen LogP contribution in [0.25, 0.3) is 0 Å². The number of anilines is 1. The molecule has 2 amide bonds. The van der Waals surface area contributed by atoms with Gasteiger partial charge >= 0.3 is 0 Å². The van der Waals surface area contributed by atoms with Gasteiger partial charge in [-0.1, -0.05) is 50.2 Å². The molecule has 162 valence electrons. The van der Waals surface area contributed by atoms with Crippen molar-refractivity contribution < 1.29 is 9.59 Å². The van der Waals surface area contributed by atoms with E-state index in [1.807, 2.05) is 19.1 Å². The maximum Gasteiger partial charge on any atom is 0.251 e. The van der Waals surface area contributed by atoms with Crippen molar-refractivity contribution in [3.8, 4) is 0 Å². The molecule has 2 aromatic rings.